The Kier molecular flexibility index (Phi) is 8.14. The van der Waals surface area contributed by atoms with E-state index in [9.17, 15) is 4.79 Å². The van der Waals surface area contributed by atoms with Crippen LogP contribution in [-0.2, 0) is 27.5 Å². The van der Waals surface area contributed by atoms with Gasteiger partial charge in [-0.15, -0.1) is 0 Å². The standard InChI is InChI=1S/C30H36N2O4/c1-21-28(20-35-25-13-11-24(12-14-25)31-30(33)23-15-17-34-18-16-23)32-27-10-6-5-9-26(27)29(21)36-19-22-7-3-2-4-8-22/h2-10,23-25H,11-20H2,1H3,(H,31,33). The number of amides is 1. The Morgan fingerprint density at radius 2 is 1.67 bits per heavy atom. The maximum Gasteiger partial charge on any atom is 0.223 e. The highest BCUT2D eigenvalue weighted by Crippen LogP contribution is 2.32. The maximum atomic E-state index is 12.6. The minimum atomic E-state index is 0.105. The molecule has 1 saturated heterocycles. The van der Waals surface area contributed by atoms with Crippen LogP contribution in [0.2, 0.25) is 0 Å². The zero-order valence-electron chi connectivity index (χ0n) is 21.1. The van der Waals surface area contributed by atoms with E-state index < -0.39 is 0 Å². The van der Waals surface area contributed by atoms with Gasteiger partial charge in [0, 0.05) is 36.1 Å². The molecule has 6 nitrogen and oxygen atoms in total. The topological polar surface area (TPSA) is 69.7 Å². The van der Waals surface area contributed by atoms with E-state index in [4.69, 9.17) is 19.2 Å². The summed E-state index contributed by atoms with van der Waals surface area (Å²) < 4.78 is 18.0. The van der Waals surface area contributed by atoms with Gasteiger partial charge in [0.2, 0.25) is 5.91 Å². The summed E-state index contributed by atoms with van der Waals surface area (Å²) in [4.78, 5) is 17.5. The van der Waals surface area contributed by atoms with Crippen molar-refractivity contribution in [3.8, 4) is 5.75 Å². The zero-order valence-corrected chi connectivity index (χ0v) is 21.1. The van der Waals surface area contributed by atoms with Crippen molar-refractivity contribution in [2.24, 2.45) is 5.92 Å². The highest BCUT2D eigenvalue weighted by molar-refractivity contribution is 5.86. The Hall–Kier alpha value is -2.96. The number of nitrogens with one attached hydrogen (secondary N) is 1. The van der Waals surface area contributed by atoms with E-state index in [2.05, 4.69) is 30.4 Å². The third-order valence-electron chi connectivity index (χ3n) is 7.47. The minimum Gasteiger partial charge on any atom is -0.488 e. The van der Waals surface area contributed by atoms with Crippen LogP contribution in [0.15, 0.2) is 54.6 Å². The number of carbonyl (C=O) groups is 1. The van der Waals surface area contributed by atoms with E-state index in [-0.39, 0.29) is 24.0 Å². The number of fused-ring (bicyclic) bond motifs is 1. The van der Waals surface area contributed by atoms with Gasteiger partial charge in [-0.1, -0.05) is 42.5 Å². The van der Waals surface area contributed by atoms with Gasteiger partial charge >= 0.3 is 0 Å². The lowest BCUT2D eigenvalue weighted by Gasteiger charge is -2.31. The fourth-order valence-corrected chi connectivity index (χ4v) is 5.23. The van der Waals surface area contributed by atoms with Gasteiger partial charge in [0.25, 0.3) is 0 Å². The molecule has 0 atom stereocenters. The van der Waals surface area contributed by atoms with Crippen LogP contribution in [0.4, 0.5) is 0 Å². The van der Waals surface area contributed by atoms with E-state index in [1.165, 1.54) is 0 Å². The number of carbonyl (C=O) groups excluding carboxylic acids is 1. The van der Waals surface area contributed by atoms with E-state index in [0.717, 1.165) is 72.0 Å². The summed E-state index contributed by atoms with van der Waals surface area (Å²) in [5, 5.41) is 4.29. The molecule has 1 amide bonds. The second kappa shape index (κ2) is 11.8. The summed E-state index contributed by atoms with van der Waals surface area (Å²) >= 11 is 0. The van der Waals surface area contributed by atoms with Crippen molar-refractivity contribution in [3.63, 3.8) is 0 Å². The molecule has 6 heteroatoms. The van der Waals surface area contributed by atoms with Crippen molar-refractivity contribution < 1.29 is 19.0 Å². The predicted octanol–water partition coefficient (Wildman–Crippen LogP) is 5.49. The Morgan fingerprint density at radius 1 is 0.944 bits per heavy atom. The number of pyridine rings is 1. The number of benzene rings is 2. The van der Waals surface area contributed by atoms with Crippen molar-refractivity contribution in [2.75, 3.05) is 13.2 Å². The normalized spacial score (nSPS) is 20.8. The minimum absolute atomic E-state index is 0.105. The van der Waals surface area contributed by atoms with E-state index in [1.54, 1.807) is 0 Å². The molecular weight excluding hydrogens is 452 g/mol. The van der Waals surface area contributed by atoms with Gasteiger partial charge in [0.15, 0.2) is 0 Å². The van der Waals surface area contributed by atoms with Gasteiger partial charge in [-0.3, -0.25) is 4.79 Å². The lowest BCUT2D eigenvalue weighted by molar-refractivity contribution is -0.129. The third kappa shape index (κ3) is 6.05. The summed E-state index contributed by atoms with van der Waals surface area (Å²) in [7, 11) is 0. The Balaban J connectivity index is 1.18. The first-order chi connectivity index (χ1) is 17.7. The molecule has 36 heavy (non-hydrogen) atoms. The summed E-state index contributed by atoms with van der Waals surface area (Å²) in [6.45, 7) is 4.43. The van der Waals surface area contributed by atoms with E-state index >= 15 is 0 Å². The number of nitrogens with zero attached hydrogens (tertiary/aromatic N) is 1. The number of aromatic nitrogens is 1. The van der Waals surface area contributed by atoms with Gasteiger partial charge < -0.3 is 19.5 Å². The van der Waals surface area contributed by atoms with Crippen molar-refractivity contribution in [3.05, 3.63) is 71.4 Å². The molecule has 1 saturated carbocycles. The molecule has 1 aliphatic carbocycles. The zero-order chi connectivity index (χ0) is 24.7. The van der Waals surface area contributed by atoms with Crippen molar-refractivity contribution in [1.29, 1.82) is 0 Å². The molecule has 1 N–H and O–H groups in total. The highest BCUT2D eigenvalue weighted by atomic mass is 16.5. The summed E-state index contributed by atoms with van der Waals surface area (Å²) in [6, 6.07) is 18.6. The van der Waals surface area contributed by atoms with E-state index in [1.807, 2.05) is 36.4 Å². The first-order valence-electron chi connectivity index (χ1n) is 13.2. The molecule has 2 aromatic carbocycles. The van der Waals surface area contributed by atoms with Crippen LogP contribution in [0, 0.1) is 12.8 Å². The Bertz CT molecular complexity index is 1150. The van der Waals surface area contributed by atoms with Crippen LogP contribution in [-0.4, -0.2) is 36.3 Å². The van der Waals surface area contributed by atoms with Crippen LogP contribution < -0.4 is 10.1 Å². The van der Waals surface area contributed by atoms with Gasteiger partial charge in [-0.2, -0.15) is 0 Å². The van der Waals surface area contributed by atoms with Gasteiger partial charge in [-0.25, -0.2) is 4.98 Å². The van der Waals surface area contributed by atoms with Crippen LogP contribution in [0.25, 0.3) is 10.9 Å². The van der Waals surface area contributed by atoms with Gasteiger partial charge in [0.05, 0.1) is 23.9 Å². The van der Waals surface area contributed by atoms with Crippen LogP contribution in [0.3, 0.4) is 0 Å². The predicted molar refractivity (Wildman–Crippen MR) is 140 cm³/mol. The fraction of sp³-hybridized carbons (Fsp3) is 0.467. The molecule has 0 radical (unpaired) electrons. The summed E-state index contributed by atoms with van der Waals surface area (Å²) in [5.74, 6) is 1.18. The second-order valence-electron chi connectivity index (χ2n) is 9.98. The Labute approximate surface area is 213 Å². The molecule has 2 aliphatic rings. The van der Waals surface area contributed by atoms with Crippen LogP contribution in [0.5, 0.6) is 5.75 Å². The quantitative estimate of drug-likeness (QED) is 0.454. The smallest absolute Gasteiger partial charge is 0.223 e. The molecular formula is C30H36N2O4. The molecule has 0 spiro atoms. The number of ether oxygens (including phenoxy) is 3. The average Bonchev–Trinajstić information content (AvgIpc) is 2.93. The maximum absolute atomic E-state index is 12.6. The molecule has 2 fully saturated rings. The first-order valence-corrected chi connectivity index (χ1v) is 13.2. The van der Waals surface area contributed by atoms with Crippen molar-refractivity contribution in [1.82, 2.24) is 10.3 Å². The first kappa shape index (κ1) is 24.7. The SMILES string of the molecule is Cc1c(COC2CCC(NC(=O)C3CCOCC3)CC2)nc2ccccc2c1OCc1ccccc1. The van der Waals surface area contributed by atoms with Crippen molar-refractivity contribution >= 4 is 16.8 Å². The second-order valence-corrected chi connectivity index (χ2v) is 9.98. The molecule has 3 aromatic rings. The van der Waals surface area contributed by atoms with Crippen molar-refractivity contribution in [2.45, 2.75) is 70.8 Å². The molecule has 0 unspecified atom stereocenters. The molecule has 190 valence electrons. The largest absolute Gasteiger partial charge is 0.488 e. The monoisotopic (exact) mass is 488 g/mol. The van der Waals surface area contributed by atoms with Gasteiger partial charge in [0.1, 0.15) is 12.4 Å². The Morgan fingerprint density at radius 3 is 2.44 bits per heavy atom. The number of para-hydroxylation sites is 1. The van der Waals surface area contributed by atoms with E-state index in [0.29, 0.717) is 26.4 Å². The lowest BCUT2D eigenvalue weighted by Crippen LogP contribution is -2.43. The summed E-state index contributed by atoms with van der Waals surface area (Å²) in [5.41, 5.74) is 4.01. The van der Waals surface area contributed by atoms with Crippen LogP contribution in [0.1, 0.15) is 55.3 Å². The number of hydrogen-bond acceptors (Lipinski definition) is 5. The summed E-state index contributed by atoms with van der Waals surface area (Å²) in [6.07, 6.45) is 5.65. The molecule has 1 aromatic heterocycles. The van der Waals surface area contributed by atoms with Crippen LogP contribution >= 0.6 is 0 Å². The lowest BCUT2D eigenvalue weighted by atomic mass is 9.91. The molecule has 5 rings (SSSR count). The fourth-order valence-electron chi connectivity index (χ4n) is 5.23. The molecule has 2 heterocycles. The van der Waals surface area contributed by atoms with Gasteiger partial charge in [-0.05, 0) is 63.1 Å². The molecule has 0 bridgehead atoms. The third-order valence-corrected chi connectivity index (χ3v) is 7.47. The molecule has 1 aliphatic heterocycles. The number of rotatable bonds is 8. The number of hydrogen-bond donors (Lipinski definition) is 1. The highest BCUT2D eigenvalue weighted by Gasteiger charge is 2.27. The average molecular weight is 489 g/mol.